The molecule has 0 unspecified atom stereocenters. The van der Waals surface area contributed by atoms with Gasteiger partial charge in [-0.3, -0.25) is 14.4 Å². The van der Waals surface area contributed by atoms with Gasteiger partial charge in [0.05, 0.1) is 35.1 Å². The second-order valence-corrected chi connectivity index (χ2v) is 8.16. The highest BCUT2D eigenvalue weighted by molar-refractivity contribution is 6.45. The number of fused-ring (bicyclic) bond motifs is 1. The van der Waals surface area contributed by atoms with E-state index in [0.29, 0.717) is 13.1 Å². The summed E-state index contributed by atoms with van der Waals surface area (Å²) in [6.07, 6.45) is 9.31. The fourth-order valence-electron chi connectivity index (χ4n) is 4.59. The van der Waals surface area contributed by atoms with Gasteiger partial charge < -0.3 is 14.8 Å². The van der Waals surface area contributed by atoms with Crippen LogP contribution in [0.2, 0.25) is 0 Å². The van der Waals surface area contributed by atoms with Crippen molar-refractivity contribution < 1.29 is 18.8 Å². The Morgan fingerprint density at radius 3 is 2.47 bits per heavy atom. The minimum atomic E-state index is -0.804. The number of carbonyl (C=O) groups excluding carboxylic acids is 3. The molecule has 5 rings (SSSR count). The van der Waals surface area contributed by atoms with Crippen molar-refractivity contribution in [1.29, 1.82) is 0 Å². The molecule has 2 amide bonds. The van der Waals surface area contributed by atoms with Crippen LogP contribution in [0.15, 0.2) is 24.8 Å². The van der Waals surface area contributed by atoms with Crippen LogP contribution in [-0.4, -0.2) is 78.5 Å². The number of halogens is 1. The minimum Gasteiger partial charge on any atom is -0.357 e. The number of aromatic amines is 1. The summed E-state index contributed by atoms with van der Waals surface area (Å²) in [6.45, 7) is 1.35. The lowest BCUT2D eigenvalue weighted by Gasteiger charge is -2.35. The summed E-state index contributed by atoms with van der Waals surface area (Å²) in [5.41, 5.74) is 0.189. The third kappa shape index (κ3) is 3.43. The first kappa shape index (κ1) is 20.3. The Morgan fingerprint density at radius 2 is 1.78 bits per heavy atom. The number of ketones is 1. The van der Waals surface area contributed by atoms with E-state index in [2.05, 4.69) is 20.3 Å². The Morgan fingerprint density at radius 1 is 1.06 bits per heavy atom. The third-order valence-electron chi connectivity index (χ3n) is 6.30. The van der Waals surface area contributed by atoms with E-state index in [1.165, 1.54) is 22.0 Å². The molecule has 1 aliphatic heterocycles. The molecule has 0 bridgehead atoms. The number of carbonyl (C=O) groups is 3. The highest BCUT2D eigenvalue weighted by Crippen LogP contribution is 2.28. The molecule has 1 saturated heterocycles. The number of Topliss-reactive ketones (excluding diaryl/α,β-unsaturated/α-hetero) is 1. The highest BCUT2D eigenvalue weighted by Gasteiger charge is 2.33. The molecule has 2 fully saturated rings. The van der Waals surface area contributed by atoms with Crippen molar-refractivity contribution >= 4 is 28.5 Å². The second kappa shape index (κ2) is 8.13. The van der Waals surface area contributed by atoms with Crippen LogP contribution in [0.25, 0.3) is 16.7 Å². The molecule has 0 radical (unpaired) electrons. The van der Waals surface area contributed by atoms with Gasteiger partial charge in [-0.2, -0.15) is 0 Å². The van der Waals surface area contributed by atoms with Crippen molar-refractivity contribution in [2.24, 2.45) is 5.92 Å². The normalized spacial score (nSPS) is 17.3. The van der Waals surface area contributed by atoms with E-state index in [0.717, 1.165) is 31.9 Å². The summed E-state index contributed by atoms with van der Waals surface area (Å²) in [5, 5.41) is 7.55. The number of aromatic nitrogens is 5. The zero-order valence-corrected chi connectivity index (χ0v) is 17.3. The van der Waals surface area contributed by atoms with Crippen molar-refractivity contribution in [3.05, 3.63) is 36.2 Å². The Bertz CT molecular complexity index is 1180. The predicted octanol–water partition coefficient (Wildman–Crippen LogP) is 1.33. The second-order valence-electron chi connectivity index (χ2n) is 8.16. The van der Waals surface area contributed by atoms with Gasteiger partial charge in [0.2, 0.25) is 5.91 Å². The molecule has 1 saturated carbocycles. The highest BCUT2D eigenvalue weighted by atomic mass is 19.1. The Labute approximate surface area is 182 Å². The van der Waals surface area contributed by atoms with Crippen LogP contribution < -0.4 is 0 Å². The third-order valence-corrected chi connectivity index (χ3v) is 6.30. The van der Waals surface area contributed by atoms with Gasteiger partial charge >= 0.3 is 0 Å². The van der Waals surface area contributed by atoms with E-state index in [4.69, 9.17) is 0 Å². The van der Waals surface area contributed by atoms with E-state index < -0.39 is 17.5 Å². The smallest absolute Gasteiger partial charge is 0.295 e. The van der Waals surface area contributed by atoms with Crippen LogP contribution in [0.5, 0.6) is 0 Å². The predicted molar refractivity (Wildman–Crippen MR) is 110 cm³/mol. The first-order valence-corrected chi connectivity index (χ1v) is 10.7. The lowest BCUT2D eigenvalue weighted by Crippen LogP contribution is -2.53. The molecule has 1 N–H and O–H groups in total. The molecule has 0 spiro atoms. The SMILES string of the molecule is O=C(C(=O)N1CCN(C(=O)C2CCCC2)CC1)c1c[nH]c2c(-n3ccnn3)ncc(F)c12. The number of pyridine rings is 1. The number of H-pyrrole nitrogens is 1. The van der Waals surface area contributed by atoms with Gasteiger partial charge in [-0.25, -0.2) is 14.1 Å². The van der Waals surface area contributed by atoms with Gasteiger partial charge in [-0.1, -0.05) is 18.1 Å². The zero-order chi connectivity index (χ0) is 22.2. The number of nitrogens with one attached hydrogen (secondary N) is 1. The van der Waals surface area contributed by atoms with Crippen molar-refractivity contribution in [3.63, 3.8) is 0 Å². The lowest BCUT2D eigenvalue weighted by atomic mass is 10.1. The molecule has 3 aromatic rings. The van der Waals surface area contributed by atoms with E-state index in [1.54, 1.807) is 11.1 Å². The van der Waals surface area contributed by atoms with Crippen LogP contribution in [0.3, 0.4) is 0 Å². The first-order valence-electron chi connectivity index (χ1n) is 10.7. The van der Waals surface area contributed by atoms with E-state index in [9.17, 15) is 18.8 Å². The van der Waals surface area contributed by atoms with Gasteiger partial charge in [-0.05, 0) is 12.8 Å². The van der Waals surface area contributed by atoms with E-state index in [1.807, 2.05) is 0 Å². The summed E-state index contributed by atoms with van der Waals surface area (Å²) in [7, 11) is 0. The quantitative estimate of drug-likeness (QED) is 0.484. The molecule has 0 atom stereocenters. The molecular weight excluding hydrogens is 417 g/mol. The number of nitrogens with zero attached hydrogens (tertiary/aromatic N) is 6. The number of amides is 2. The Balaban J connectivity index is 1.33. The standard InChI is InChI=1S/C21H22FN7O3/c22-15-12-24-19(29-6-5-25-26-29)17-16(15)14(11-23-17)18(30)21(32)28-9-7-27(8-10-28)20(31)13-3-1-2-4-13/h5-6,11-13,23H,1-4,7-10H2. The summed E-state index contributed by atoms with van der Waals surface area (Å²) in [6, 6.07) is 0. The Hall–Kier alpha value is -3.63. The molecule has 11 heteroatoms. The monoisotopic (exact) mass is 439 g/mol. The van der Waals surface area contributed by atoms with Crippen molar-refractivity contribution in [1.82, 2.24) is 34.8 Å². The van der Waals surface area contributed by atoms with Gasteiger partial charge in [0.15, 0.2) is 11.6 Å². The first-order chi connectivity index (χ1) is 15.5. The average molecular weight is 439 g/mol. The van der Waals surface area contributed by atoms with Crippen LogP contribution in [0.4, 0.5) is 4.39 Å². The fraction of sp³-hybridized carbons (Fsp3) is 0.429. The van der Waals surface area contributed by atoms with Crippen LogP contribution in [0, 0.1) is 11.7 Å². The van der Waals surface area contributed by atoms with Crippen molar-refractivity contribution in [2.75, 3.05) is 26.2 Å². The molecular formula is C21H22FN7O3. The molecule has 2 aliphatic rings. The molecule has 10 nitrogen and oxygen atoms in total. The van der Waals surface area contributed by atoms with E-state index >= 15 is 0 Å². The van der Waals surface area contributed by atoms with Gasteiger partial charge in [-0.15, -0.1) is 5.10 Å². The van der Waals surface area contributed by atoms with E-state index in [-0.39, 0.29) is 47.2 Å². The lowest BCUT2D eigenvalue weighted by molar-refractivity contribution is -0.140. The maximum atomic E-state index is 14.6. The summed E-state index contributed by atoms with van der Waals surface area (Å²) >= 11 is 0. The molecule has 166 valence electrons. The van der Waals surface area contributed by atoms with Crippen molar-refractivity contribution in [2.45, 2.75) is 25.7 Å². The fourth-order valence-corrected chi connectivity index (χ4v) is 4.59. The van der Waals surface area contributed by atoms with Crippen molar-refractivity contribution in [3.8, 4) is 5.82 Å². The number of rotatable bonds is 4. The van der Waals surface area contributed by atoms with Crippen LogP contribution in [0.1, 0.15) is 36.0 Å². The summed E-state index contributed by atoms with van der Waals surface area (Å²) in [4.78, 5) is 48.6. The molecule has 4 heterocycles. The number of hydrogen-bond donors (Lipinski definition) is 1. The van der Waals surface area contributed by atoms with Gasteiger partial charge in [0.25, 0.3) is 11.7 Å². The summed E-state index contributed by atoms with van der Waals surface area (Å²) < 4.78 is 15.9. The topological polar surface area (TPSA) is 117 Å². The molecule has 32 heavy (non-hydrogen) atoms. The van der Waals surface area contributed by atoms with Crippen LogP contribution in [-0.2, 0) is 9.59 Å². The molecule has 1 aliphatic carbocycles. The largest absolute Gasteiger partial charge is 0.357 e. The zero-order valence-electron chi connectivity index (χ0n) is 17.3. The maximum absolute atomic E-state index is 14.6. The van der Waals surface area contributed by atoms with Crippen LogP contribution >= 0.6 is 0 Å². The number of piperazine rings is 1. The summed E-state index contributed by atoms with van der Waals surface area (Å²) in [5.74, 6) is -1.73. The number of hydrogen-bond acceptors (Lipinski definition) is 6. The Kier molecular flexibility index (Phi) is 5.16. The van der Waals surface area contributed by atoms with Gasteiger partial charge in [0.1, 0.15) is 0 Å². The molecule has 0 aromatic carbocycles. The van der Waals surface area contributed by atoms with Gasteiger partial charge in [0, 0.05) is 38.3 Å². The molecule has 3 aromatic heterocycles. The maximum Gasteiger partial charge on any atom is 0.295 e. The average Bonchev–Trinajstić information content (AvgIpc) is 3.60. The minimum absolute atomic E-state index is 0.0149.